The lowest BCUT2D eigenvalue weighted by Gasteiger charge is -2.23. The Morgan fingerprint density at radius 2 is 2.11 bits per heavy atom. The number of hydrogen-bond donors (Lipinski definition) is 1. The fourth-order valence-electron chi connectivity index (χ4n) is 3.51. The van der Waals surface area contributed by atoms with Crippen molar-refractivity contribution in [2.45, 2.75) is 32.4 Å². The summed E-state index contributed by atoms with van der Waals surface area (Å²) in [6.45, 7) is 3.63. The molecule has 0 aliphatic carbocycles. The second-order valence-corrected chi connectivity index (χ2v) is 7.56. The zero-order chi connectivity index (χ0) is 18.6. The Balaban J connectivity index is 1.41. The molecule has 1 N–H and O–H groups in total. The maximum atomic E-state index is 12.8. The fourth-order valence-corrected chi connectivity index (χ4v) is 4.07. The molecule has 0 bridgehead atoms. The molecule has 4 rings (SSSR count). The Kier molecular flexibility index (Phi) is 5.27. The lowest BCUT2D eigenvalue weighted by atomic mass is 10.1. The molecule has 0 radical (unpaired) electrons. The van der Waals surface area contributed by atoms with Crippen LogP contribution in [-0.4, -0.2) is 33.4 Å². The molecule has 1 aromatic carbocycles. The summed E-state index contributed by atoms with van der Waals surface area (Å²) in [5.74, 6) is 0.0570. The standard InChI is InChI=1S/C21H22N4OS/c1-15-4-2-5-18(23-15)12-25-11-3-6-20(25)21(26)24-17-9-7-16(8-10-17)19-13-27-14-22-19/h2,4-5,7-10,13-14,20H,3,6,11-12H2,1H3,(H,24,26)/t20-/m0/s1. The Bertz CT molecular complexity index is 908. The number of amides is 1. The molecule has 0 spiro atoms. The number of nitrogens with one attached hydrogen (secondary N) is 1. The van der Waals surface area contributed by atoms with Crippen molar-refractivity contribution in [1.82, 2.24) is 14.9 Å². The molecule has 3 aromatic rings. The maximum absolute atomic E-state index is 12.8. The van der Waals surface area contributed by atoms with Gasteiger partial charge in [0.25, 0.3) is 0 Å². The van der Waals surface area contributed by atoms with Gasteiger partial charge in [0.2, 0.25) is 5.91 Å². The van der Waals surface area contributed by atoms with Gasteiger partial charge in [0.15, 0.2) is 0 Å². The monoisotopic (exact) mass is 378 g/mol. The summed E-state index contributed by atoms with van der Waals surface area (Å²) < 4.78 is 0. The molecule has 1 amide bonds. The lowest BCUT2D eigenvalue weighted by molar-refractivity contribution is -0.120. The van der Waals surface area contributed by atoms with Crippen LogP contribution in [0.15, 0.2) is 53.4 Å². The number of aromatic nitrogens is 2. The van der Waals surface area contributed by atoms with Gasteiger partial charge in [-0.25, -0.2) is 4.98 Å². The third-order valence-corrected chi connectivity index (χ3v) is 5.44. The van der Waals surface area contributed by atoms with E-state index in [4.69, 9.17) is 0 Å². The van der Waals surface area contributed by atoms with Crippen molar-refractivity contribution >= 4 is 22.9 Å². The van der Waals surface area contributed by atoms with Crippen molar-refractivity contribution in [3.8, 4) is 11.3 Å². The van der Waals surface area contributed by atoms with E-state index in [1.165, 1.54) is 0 Å². The number of rotatable bonds is 5. The van der Waals surface area contributed by atoms with Crippen LogP contribution < -0.4 is 5.32 Å². The van der Waals surface area contributed by atoms with Crippen LogP contribution in [0, 0.1) is 6.92 Å². The van der Waals surface area contributed by atoms with E-state index in [0.29, 0.717) is 6.54 Å². The molecular formula is C21H22N4OS. The van der Waals surface area contributed by atoms with Crippen LogP contribution in [0.25, 0.3) is 11.3 Å². The molecule has 5 nitrogen and oxygen atoms in total. The van der Waals surface area contributed by atoms with Crippen LogP contribution in [0.3, 0.4) is 0 Å². The summed E-state index contributed by atoms with van der Waals surface area (Å²) in [5, 5.41) is 5.08. The number of aryl methyl sites for hydroxylation is 1. The third-order valence-electron chi connectivity index (χ3n) is 4.86. The highest BCUT2D eigenvalue weighted by atomic mass is 32.1. The molecule has 3 heterocycles. The molecule has 1 fully saturated rings. The van der Waals surface area contributed by atoms with Crippen LogP contribution >= 0.6 is 11.3 Å². The van der Waals surface area contributed by atoms with E-state index in [-0.39, 0.29) is 11.9 Å². The lowest BCUT2D eigenvalue weighted by Crippen LogP contribution is -2.39. The predicted octanol–water partition coefficient (Wildman–Crippen LogP) is 4.12. The number of hydrogen-bond acceptors (Lipinski definition) is 5. The summed E-state index contributed by atoms with van der Waals surface area (Å²) in [5.41, 5.74) is 6.69. The van der Waals surface area contributed by atoms with Crippen LogP contribution in [0.5, 0.6) is 0 Å². The van der Waals surface area contributed by atoms with Gasteiger partial charge in [-0.15, -0.1) is 11.3 Å². The van der Waals surface area contributed by atoms with Gasteiger partial charge in [-0.2, -0.15) is 0 Å². The summed E-state index contributed by atoms with van der Waals surface area (Å²) in [6.07, 6.45) is 1.92. The van der Waals surface area contributed by atoms with E-state index in [9.17, 15) is 4.79 Å². The maximum Gasteiger partial charge on any atom is 0.241 e. The van der Waals surface area contributed by atoms with Crippen LogP contribution in [0.2, 0.25) is 0 Å². The molecule has 27 heavy (non-hydrogen) atoms. The van der Waals surface area contributed by atoms with E-state index < -0.39 is 0 Å². The first-order chi connectivity index (χ1) is 13.2. The van der Waals surface area contributed by atoms with E-state index in [2.05, 4.69) is 20.2 Å². The van der Waals surface area contributed by atoms with Gasteiger partial charge in [0.05, 0.1) is 22.9 Å². The summed E-state index contributed by atoms with van der Waals surface area (Å²) in [7, 11) is 0. The third kappa shape index (κ3) is 4.23. The number of carbonyl (C=O) groups is 1. The van der Waals surface area contributed by atoms with E-state index >= 15 is 0 Å². The zero-order valence-corrected chi connectivity index (χ0v) is 16.1. The van der Waals surface area contributed by atoms with Gasteiger partial charge in [0.1, 0.15) is 0 Å². The zero-order valence-electron chi connectivity index (χ0n) is 15.3. The normalized spacial score (nSPS) is 17.1. The topological polar surface area (TPSA) is 58.1 Å². The number of pyridine rings is 1. The second-order valence-electron chi connectivity index (χ2n) is 6.84. The van der Waals surface area contributed by atoms with Crippen molar-refractivity contribution in [3.05, 3.63) is 64.7 Å². The Hall–Kier alpha value is -2.57. The summed E-state index contributed by atoms with van der Waals surface area (Å²) in [6, 6.07) is 13.8. The first-order valence-corrected chi connectivity index (χ1v) is 10.1. The van der Waals surface area contributed by atoms with Crippen LogP contribution in [0.4, 0.5) is 5.69 Å². The molecule has 138 valence electrons. The average molecular weight is 379 g/mol. The van der Waals surface area contributed by atoms with Crippen LogP contribution in [0.1, 0.15) is 24.2 Å². The molecule has 1 aliphatic rings. The number of likely N-dealkylation sites (tertiary alicyclic amines) is 1. The molecule has 0 saturated carbocycles. The Labute approximate surface area is 163 Å². The van der Waals surface area contributed by atoms with Crippen molar-refractivity contribution in [1.29, 1.82) is 0 Å². The second kappa shape index (κ2) is 7.98. The quantitative estimate of drug-likeness (QED) is 0.726. The van der Waals surface area contributed by atoms with Gasteiger partial charge in [-0.1, -0.05) is 18.2 Å². The number of nitrogens with zero attached hydrogens (tertiary/aromatic N) is 3. The van der Waals surface area contributed by atoms with Crippen molar-refractivity contribution in [2.24, 2.45) is 0 Å². The fraction of sp³-hybridized carbons (Fsp3) is 0.286. The predicted molar refractivity (Wildman–Crippen MR) is 109 cm³/mol. The van der Waals surface area contributed by atoms with Gasteiger partial charge < -0.3 is 5.32 Å². The van der Waals surface area contributed by atoms with E-state index in [1.807, 2.05) is 60.3 Å². The molecule has 1 aliphatic heterocycles. The molecular weight excluding hydrogens is 356 g/mol. The first kappa shape index (κ1) is 17.8. The SMILES string of the molecule is Cc1cccc(CN2CCC[C@H]2C(=O)Nc2ccc(-c3cscn3)cc2)n1. The number of benzene rings is 1. The molecule has 0 unspecified atom stereocenters. The van der Waals surface area contributed by atoms with Crippen molar-refractivity contribution in [2.75, 3.05) is 11.9 Å². The van der Waals surface area contributed by atoms with E-state index in [1.54, 1.807) is 11.3 Å². The first-order valence-electron chi connectivity index (χ1n) is 9.15. The summed E-state index contributed by atoms with van der Waals surface area (Å²) >= 11 is 1.58. The highest BCUT2D eigenvalue weighted by molar-refractivity contribution is 7.07. The smallest absolute Gasteiger partial charge is 0.241 e. The van der Waals surface area contributed by atoms with Crippen molar-refractivity contribution in [3.63, 3.8) is 0 Å². The van der Waals surface area contributed by atoms with Gasteiger partial charge in [0, 0.05) is 28.9 Å². The van der Waals surface area contributed by atoms with Crippen molar-refractivity contribution < 1.29 is 4.79 Å². The Morgan fingerprint density at radius 1 is 1.26 bits per heavy atom. The minimum atomic E-state index is -0.106. The molecule has 1 saturated heterocycles. The van der Waals surface area contributed by atoms with E-state index in [0.717, 1.165) is 47.7 Å². The number of thiazole rings is 1. The van der Waals surface area contributed by atoms with Gasteiger partial charge in [-0.05, 0) is 50.6 Å². The summed E-state index contributed by atoms with van der Waals surface area (Å²) in [4.78, 5) is 23.9. The minimum Gasteiger partial charge on any atom is -0.325 e. The van der Waals surface area contributed by atoms with Crippen LogP contribution in [-0.2, 0) is 11.3 Å². The molecule has 1 atom stereocenters. The largest absolute Gasteiger partial charge is 0.325 e. The number of carbonyl (C=O) groups excluding carboxylic acids is 1. The Morgan fingerprint density at radius 3 is 2.85 bits per heavy atom. The highest BCUT2D eigenvalue weighted by Crippen LogP contribution is 2.23. The molecule has 6 heteroatoms. The average Bonchev–Trinajstić information content (AvgIpc) is 3.34. The van der Waals surface area contributed by atoms with Gasteiger partial charge >= 0.3 is 0 Å². The van der Waals surface area contributed by atoms with Gasteiger partial charge in [-0.3, -0.25) is 14.7 Å². The highest BCUT2D eigenvalue weighted by Gasteiger charge is 2.30. The molecule has 2 aromatic heterocycles. The number of anilines is 1. The minimum absolute atomic E-state index is 0.0570.